The monoisotopic (exact) mass is 1100 g/mol. The third-order valence-corrected chi connectivity index (χ3v) is 15.7. The molecule has 7 rings (SSSR count). The first-order chi connectivity index (χ1) is 33.4. The van der Waals surface area contributed by atoms with Gasteiger partial charge in [0.05, 0.1) is 39.3 Å². The molecule has 0 aliphatic heterocycles. The van der Waals surface area contributed by atoms with Crippen molar-refractivity contribution in [1.29, 1.82) is 0 Å². The first-order valence-electron chi connectivity index (χ1n) is 21.8. The van der Waals surface area contributed by atoms with Crippen molar-refractivity contribution in [2.75, 3.05) is 23.5 Å². The maximum absolute atomic E-state index is 15.8. The summed E-state index contributed by atoms with van der Waals surface area (Å²) >= 11 is 6.67. The summed E-state index contributed by atoms with van der Waals surface area (Å²) in [5.41, 5.74) is -6.78. The number of ether oxygens (including phenoxy) is 1. The van der Waals surface area contributed by atoms with Gasteiger partial charge < -0.3 is 10.1 Å². The third kappa shape index (κ3) is 11.1. The molecule has 3 aromatic heterocycles. The van der Waals surface area contributed by atoms with Crippen molar-refractivity contribution in [1.82, 2.24) is 29.9 Å². The van der Waals surface area contributed by atoms with E-state index < -0.39 is 160 Å². The summed E-state index contributed by atoms with van der Waals surface area (Å²) in [5, 5.41) is 9.04. The van der Waals surface area contributed by atoms with Crippen LogP contribution in [0.4, 0.5) is 49.7 Å². The maximum Gasteiger partial charge on any atom is 0.435 e. The average molecular weight is 1100 g/mol. The van der Waals surface area contributed by atoms with Crippen molar-refractivity contribution in [3.8, 4) is 23.0 Å². The highest BCUT2D eigenvalue weighted by Gasteiger charge is 2.63. The van der Waals surface area contributed by atoms with Crippen molar-refractivity contribution >= 4 is 60.1 Å². The number of sulfone groups is 1. The first-order valence-corrected chi connectivity index (χ1v) is 26.0. The molecule has 1 amide bonds. The molecule has 1 saturated carbocycles. The Morgan fingerprint density at radius 3 is 2.10 bits per heavy atom. The van der Waals surface area contributed by atoms with Gasteiger partial charge in [-0.25, -0.2) is 34.9 Å². The number of nitrogens with zero attached hydrogens (tertiary/aromatic N) is 6. The van der Waals surface area contributed by atoms with Crippen molar-refractivity contribution in [2.45, 2.75) is 102 Å². The quantitative estimate of drug-likeness (QED) is 0.0519. The normalized spacial score (nSPS) is 17.3. The van der Waals surface area contributed by atoms with E-state index in [4.69, 9.17) is 16.3 Å². The van der Waals surface area contributed by atoms with Gasteiger partial charge in [0, 0.05) is 34.9 Å². The number of hydrogen-bond donors (Lipinski definition) is 1. The summed E-state index contributed by atoms with van der Waals surface area (Å²) in [4.78, 5) is 31.6. The van der Waals surface area contributed by atoms with Crippen LogP contribution in [0.5, 0.6) is 0 Å². The molecule has 0 bridgehead atoms. The van der Waals surface area contributed by atoms with Crippen LogP contribution in [0.3, 0.4) is 0 Å². The zero-order valence-corrected chi connectivity index (χ0v) is 41.9. The lowest BCUT2D eigenvalue weighted by atomic mass is 9.73. The van der Waals surface area contributed by atoms with Gasteiger partial charge in [-0.3, -0.25) is 19.0 Å². The number of carbonyl (C=O) groups is 2. The van der Waals surface area contributed by atoms with E-state index in [-0.39, 0.29) is 39.9 Å². The second kappa shape index (κ2) is 18.8. The summed E-state index contributed by atoms with van der Waals surface area (Å²) < 4.78 is 205. The zero-order chi connectivity index (χ0) is 54.3. The molecule has 0 radical (unpaired) electrons. The van der Waals surface area contributed by atoms with Gasteiger partial charge in [-0.15, -0.1) is 0 Å². The summed E-state index contributed by atoms with van der Waals surface area (Å²) in [7, 11) is -8.49. The van der Waals surface area contributed by atoms with Gasteiger partial charge in [0.2, 0.25) is 15.9 Å². The summed E-state index contributed by atoms with van der Waals surface area (Å²) in [6, 6.07) is 5.00. The van der Waals surface area contributed by atoms with E-state index in [0.29, 0.717) is 21.3 Å². The maximum atomic E-state index is 15.8. The Hall–Kier alpha value is -5.94. The van der Waals surface area contributed by atoms with Gasteiger partial charge in [-0.1, -0.05) is 23.6 Å². The molecule has 2 aliphatic carbocycles. The van der Waals surface area contributed by atoms with Crippen molar-refractivity contribution in [3.05, 3.63) is 93.0 Å². The predicted molar refractivity (Wildman–Crippen MR) is 245 cm³/mol. The SMILES string of the molecule is CC(C)(C)C(=O)OCN(c1nn(CC(F)(F)F)c2c(-c3ccc(C#CC(C)(C)S(C)(=O)=O)nc3[C@H](Cc3cc(F)cc(F)c3)NC(=O)Cn3nc(C(F)(F)F)c4c3C(F)(F)[C@@H]3CC[C@H]43)ccc(Cl)c12)S(C)(=O)=O. The van der Waals surface area contributed by atoms with Crippen molar-refractivity contribution in [2.24, 2.45) is 11.3 Å². The Kier molecular flexibility index (Phi) is 14.1. The fraction of sp³-hybridized carbons (Fsp3) is 0.457. The van der Waals surface area contributed by atoms with E-state index >= 15 is 8.78 Å². The number of amides is 1. The number of halogens is 11. The average Bonchev–Trinajstić information content (AvgIpc) is 3.80. The number of benzene rings is 2. The molecule has 3 heterocycles. The van der Waals surface area contributed by atoms with E-state index in [2.05, 4.69) is 32.3 Å². The Morgan fingerprint density at radius 2 is 1.55 bits per heavy atom. The number of pyridine rings is 1. The van der Waals surface area contributed by atoms with Crippen LogP contribution in [0.1, 0.15) is 93.3 Å². The molecule has 394 valence electrons. The largest absolute Gasteiger partial charge is 0.443 e. The Labute approximate surface area is 416 Å². The van der Waals surface area contributed by atoms with Crippen LogP contribution >= 0.6 is 11.6 Å². The topological polar surface area (TPSA) is 175 Å². The number of anilines is 1. The van der Waals surface area contributed by atoms with E-state index in [1.54, 1.807) is 0 Å². The molecule has 1 N–H and O–H groups in total. The Balaban J connectivity index is 1.48. The number of hydrogen-bond acceptors (Lipinski definition) is 10. The molecule has 0 saturated heterocycles. The summed E-state index contributed by atoms with van der Waals surface area (Å²) in [5.74, 6) is -6.69. The number of aromatic nitrogens is 5. The fourth-order valence-electron chi connectivity index (χ4n) is 8.44. The van der Waals surface area contributed by atoms with E-state index in [0.717, 1.165) is 30.5 Å². The number of rotatable bonds is 13. The Bertz CT molecular complexity index is 3340. The lowest BCUT2D eigenvalue weighted by Gasteiger charge is -2.34. The highest BCUT2D eigenvalue weighted by molar-refractivity contribution is 7.92. The van der Waals surface area contributed by atoms with Crippen LogP contribution in [-0.4, -0.2) is 83.4 Å². The Morgan fingerprint density at radius 1 is 0.918 bits per heavy atom. The van der Waals surface area contributed by atoms with Crippen LogP contribution in [0.15, 0.2) is 42.5 Å². The first kappa shape index (κ1) is 54.8. The van der Waals surface area contributed by atoms with Crippen molar-refractivity contribution < 1.29 is 75.1 Å². The lowest BCUT2D eigenvalue weighted by Crippen LogP contribution is -2.36. The molecule has 73 heavy (non-hydrogen) atoms. The van der Waals surface area contributed by atoms with Crippen LogP contribution in [-0.2, 0) is 65.8 Å². The van der Waals surface area contributed by atoms with E-state index in [1.165, 1.54) is 46.8 Å². The molecule has 2 aliphatic rings. The van der Waals surface area contributed by atoms with Crippen LogP contribution in [0.25, 0.3) is 22.0 Å². The minimum Gasteiger partial charge on any atom is -0.443 e. The molecule has 5 aromatic rings. The second-order valence-electron chi connectivity index (χ2n) is 19.3. The molecule has 27 heteroatoms. The van der Waals surface area contributed by atoms with Gasteiger partial charge in [-0.05, 0) is 102 Å². The van der Waals surface area contributed by atoms with Crippen LogP contribution in [0, 0.1) is 34.8 Å². The second-order valence-corrected chi connectivity index (χ2v) is 24.2. The van der Waals surface area contributed by atoms with E-state index in [1.807, 2.05) is 0 Å². The number of carbonyl (C=O) groups excluding carboxylic acids is 2. The van der Waals surface area contributed by atoms with Gasteiger partial charge >= 0.3 is 18.3 Å². The molecule has 14 nitrogen and oxygen atoms in total. The zero-order valence-electron chi connectivity index (χ0n) is 39.5. The van der Waals surface area contributed by atoms with Crippen LogP contribution < -0.4 is 9.62 Å². The number of sulfonamides is 1. The van der Waals surface area contributed by atoms with Gasteiger partial charge in [0.25, 0.3) is 5.92 Å². The molecule has 2 aromatic carbocycles. The van der Waals surface area contributed by atoms with Gasteiger partial charge in [0.1, 0.15) is 40.9 Å². The fourth-order valence-corrected chi connectivity index (χ4v) is 9.60. The minimum absolute atomic E-state index is 0.00613. The predicted octanol–water partition coefficient (Wildman–Crippen LogP) is 8.99. The summed E-state index contributed by atoms with van der Waals surface area (Å²) in [6.07, 6.45) is -9.59. The molecular weight excluding hydrogens is 1050 g/mol. The standard InChI is InChI=1S/C46H44ClF10N7O7S2/c1-42(2,3)41(66)71-22-64(73(7,69)70)40-35-31(47)13-11-28(37(35)63(61-40)21-44(50,51)52)27-9-8-26(14-15-43(4,5)72(6,67)68)58-36(27)32(18-23-16-24(48)19-25(49)17-23)59-33(65)20-62-39-34(38(60-62)46(55,56)57)29-10-12-30(29)45(39,53)54/h8-9,11,13,16-17,19,29-30,32H,10,12,18,20-22H2,1-7H3,(H,59,65)/t29-,30+,32-/m0/s1. The summed E-state index contributed by atoms with van der Waals surface area (Å²) in [6.45, 7) is 2.52. The molecular formula is C46H44ClF10N7O7S2. The van der Waals surface area contributed by atoms with E-state index in [9.17, 15) is 61.5 Å². The molecule has 1 fully saturated rings. The number of alkyl halides is 8. The highest BCUT2D eigenvalue weighted by Crippen LogP contribution is 2.64. The minimum atomic E-state index is -5.22. The van der Waals surface area contributed by atoms with Crippen molar-refractivity contribution in [3.63, 3.8) is 0 Å². The van der Waals surface area contributed by atoms with Gasteiger partial charge in [-0.2, -0.15) is 45.3 Å². The highest BCUT2D eigenvalue weighted by atomic mass is 35.5. The number of esters is 1. The number of fused-ring (bicyclic) bond motifs is 4. The van der Waals surface area contributed by atoms with Crippen LogP contribution in [0.2, 0.25) is 5.02 Å². The molecule has 0 unspecified atom stereocenters. The van der Waals surface area contributed by atoms with Gasteiger partial charge in [0.15, 0.2) is 28.1 Å². The molecule has 3 atom stereocenters. The molecule has 0 spiro atoms. The smallest absolute Gasteiger partial charge is 0.435 e. The third-order valence-electron chi connectivity index (χ3n) is 12.4. The lowest BCUT2D eigenvalue weighted by molar-refractivity contribution is -0.152. The number of nitrogens with one attached hydrogen (secondary N) is 1.